The van der Waals surface area contributed by atoms with Crippen molar-refractivity contribution < 1.29 is 41.1 Å². The highest BCUT2D eigenvalue weighted by Gasteiger charge is 2.63. The second-order valence-corrected chi connectivity index (χ2v) is 10.2. The molecule has 3 aromatic rings. The van der Waals surface area contributed by atoms with Crippen LogP contribution in [0.5, 0.6) is 0 Å². The van der Waals surface area contributed by atoms with Crippen molar-refractivity contribution in [3.63, 3.8) is 0 Å². The summed E-state index contributed by atoms with van der Waals surface area (Å²) in [6, 6.07) is 9.62. The molecule has 1 saturated carbocycles. The van der Waals surface area contributed by atoms with Crippen LogP contribution in [0.2, 0.25) is 0 Å². The minimum atomic E-state index is -4.73. The number of nitrogens with one attached hydrogen (secondary N) is 1. The lowest BCUT2D eigenvalue weighted by Crippen LogP contribution is -2.44. The van der Waals surface area contributed by atoms with Gasteiger partial charge in [0, 0.05) is 12.0 Å². The van der Waals surface area contributed by atoms with Gasteiger partial charge in [-0.3, -0.25) is 4.79 Å². The lowest BCUT2D eigenvalue weighted by atomic mass is 10.0. The van der Waals surface area contributed by atoms with E-state index in [2.05, 4.69) is 14.4 Å². The first kappa shape index (κ1) is 22.5. The average molecular weight is 488 g/mol. The molecule has 1 aromatic carbocycles. The Bertz CT molecular complexity index is 1280. The van der Waals surface area contributed by atoms with Gasteiger partial charge < -0.3 is 14.7 Å². The van der Waals surface area contributed by atoms with Gasteiger partial charge in [-0.2, -0.15) is 17.9 Å². The third kappa shape index (κ3) is 4.03. The zero-order chi connectivity index (χ0) is 23.3. The van der Waals surface area contributed by atoms with Crippen LogP contribution in [0.4, 0.5) is 13.2 Å². The van der Waals surface area contributed by atoms with Crippen LogP contribution >= 0.6 is 11.3 Å². The van der Waals surface area contributed by atoms with Gasteiger partial charge in [0.05, 0.1) is 11.5 Å². The van der Waals surface area contributed by atoms with Crippen LogP contribution in [0, 0.1) is 0 Å². The normalized spacial score (nSPS) is 20.9. The van der Waals surface area contributed by atoms with Crippen molar-refractivity contribution in [3.05, 3.63) is 59.4 Å². The zero-order valence-electron chi connectivity index (χ0n) is 16.0. The number of rotatable bonds is 7. The van der Waals surface area contributed by atoms with Gasteiger partial charge in [-0.25, -0.2) is 8.42 Å². The Kier molecular flexibility index (Phi) is 5.40. The molecule has 0 spiro atoms. The Morgan fingerprint density at radius 1 is 1.28 bits per heavy atom. The number of hydrogen-bond donors (Lipinski definition) is 3. The summed E-state index contributed by atoms with van der Waals surface area (Å²) >= 11 is 0.634. The van der Waals surface area contributed by atoms with Gasteiger partial charge in [-0.15, -0.1) is 11.3 Å². The van der Waals surface area contributed by atoms with Crippen molar-refractivity contribution in [2.45, 2.75) is 34.9 Å². The molecule has 1 fully saturated rings. The van der Waals surface area contributed by atoms with Crippen molar-refractivity contribution in [2.75, 3.05) is 0 Å². The Hall–Kier alpha value is -2.74. The van der Waals surface area contributed by atoms with Crippen molar-refractivity contribution in [1.82, 2.24) is 9.88 Å². The second kappa shape index (κ2) is 7.69. The van der Waals surface area contributed by atoms with Crippen LogP contribution < -0.4 is 4.72 Å². The van der Waals surface area contributed by atoms with E-state index in [1.165, 1.54) is 6.07 Å². The topological polar surface area (TPSA) is 130 Å². The summed E-state index contributed by atoms with van der Waals surface area (Å²) < 4.78 is 70.1. The monoisotopic (exact) mass is 488 g/mol. The highest BCUT2D eigenvalue weighted by molar-refractivity contribution is 7.91. The first-order valence-electron chi connectivity index (χ1n) is 9.07. The molecule has 2 atom stereocenters. The first-order valence-corrected chi connectivity index (χ1v) is 11.4. The zero-order valence-corrected chi connectivity index (χ0v) is 17.6. The largest absolute Gasteiger partial charge is 0.480 e. The number of halogens is 3. The number of nitrogens with zero attached hydrogens (tertiary/aromatic N) is 1. The highest BCUT2D eigenvalue weighted by Crippen LogP contribution is 2.52. The summed E-state index contributed by atoms with van der Waals surface area (Å²) in [5, 5.41) is 22.3. The van der Waals surface area contributed by atoms with Crippen LogP contribution in [0.15, 0.2) is 51.2 Å². The summed E-state index contributed by atoms with van der Waals surface area (Å²) in [4.78, 5) is 12.1. The molecular formula is C19H15F3N2O6S2. The van der Waals surface area contributed by atoms with Gasteiger partial charge in [0.2, 0.25) is 5.76 Å². The van der Waals surface area contributed by atoms with E-state index < -0.39 is 39.4 Å². The molecule has 3 N–H and O–H groups in total. The van der Waals surface area contributed by atoms with Gasteiger partial charge in [-0.1, -0.05) is 29.4 Å². The smallest absolute Gasteiger partial charge is 0.452 e. The molecule has 2 heterocycles. The van der Waals surface area contributed by atoms with E-state index in [0.717, 1.165) is 6.07 Å². The number of carbonyl (C=O) groups is 1. The van der Waals surface area contributed by atoms with Gasteiger partial charge in [0.15, 0.2) is 0 Å². The number of thiophene rings is 1. The molecule has 8 nitrogen and oxygen atoms in total. The van der Waals surface area contributed by atoms with Gasteiger partial charge in [-0.05, 0) is 29.7 Å². The molecule has 2 unspecified atom stereocenters. The number of aromatic nitrogens is 1. The predicted molar refractivity (Wildman–Crippen MR) is 105 cm³/mol. The fourth-order valence-corrected chi connectivity index (χ4v) is 6.05. The summed E-state index contributed by atoms with van der Waals surface area (Å²) in [7, 11) is -4.31. The molecule has 0 radical (unpaired) electrons. The Balaban J connectivity index is 1.59. The number of aliphatic hydroxyl groups excluding tert-OH is 1. The standard InChI is InChI=1S/C19H15F3N2O6S2/c20-19(21,22)15-7-13(23-30-15)14-4-5-16(31-14)32(28,29)24-18(17(26)27)8-12(18)11-3-1-2-10(6-11)9-25/h1-7,12,24-25H,8-9H2,(H,26,27). The highest BCUT2D eigenvalue weighted by atomic mass is 32.2. The van der Waals surface area contributed by atoms with E-state index in [0.29, 0.717) is 28.5 Å². The second-order valence-electron chi connectivity index (χ2n) is 7.23. The van der Waals surface area contributed by atoms with Crippen LogP contribution in [-0.2, 0) is 27.6 Å². The van der Waals surface area contributed by atoms with E-state index in [1.54, 1.807) is 24.3 Å². The molecule has 0 aliphatic heterocycles. The number of carboxylic acids is 1. The number of hydrogen-bond acceptors (Lipinski definition) is 7. The molecule has 1 aliphatic rings. The maximum absolute atomic E-state index is 12.9. The molecule has 0 saturated heterocycles. The number of aliphatic carboxylic acids is 1. The maximum Gasteiger partial charge on any atom is 0.452 e. The van der Waals surface area contributed by atoms with Crippen molar-refractivity contribution in [3.8, 4) is 10.6 Å². The number of benzene rings is 1. The van der Waals surface area contributed by atoms with Crippen LogP contribution in [0.25, 0.3) is 10.6 Å². The molecule has 32 heavy (non-hydrogen) atoms. The van der Waals surface area contributed by atoms with E-state index in [9.17, 15) is 36.6 Å². The molecule has 0 bridgehead atoms. The fraction of sp³-hybridized carbons (Fsp3) is 0.263. The first-order chi connectivity index (χ1) is 15.0. The fourth-order valence-electron chi connectivity index (χ4n) is 3.38. The third-order valence-corrected chi connectivity index (χ3v) is 8.19. The van der Waals surface area contributed by atoms with Crippen molar-refractivity contribution in [2.24, 2.45) is 0 Å². The van der Waals surface area contributed by atoms with Crippen molar-refractivity contribution >= 4 is 27.3 Å². The Morgan fingerprint density at radius 3 is 2.66 bits per heavy atom. The molecule has 2 aromatic heterocycles. The summed E-state index contributed by atoms with van der Waals surface area (Å²) in [6.07, 6.45) is -4.73. The Labute approximate surface area is 183 Å². The van der Waals surface area contributed by atoms with E-state index in [1.807, 2.05) is 0 Å². The summed E-state index contributed by atoms with van der Waals surface area (Å²) in [6.45, 7) is -0.248. The number of carboxylic acid groups (broad SMARTS) is 1. The predicted octanol–water partition coefficient (Wildman–Crippen LogP) is 3.20. The molecule has 170 valence electrons. The summed E-state index contributed by atoms with van der Waals surface area (Å²) in [5.41, 5.74) is -0.836. The Morgan fingerprint density at radius 2 is 2.03 bits per heavy atom. The van der Waals surface area contributed by atoms with E-state index in [-0.39, 0.29) is 27.8 Å². The number of aliphatic hydroxyl groups is 1. The quantitative estimate of drug-likeness (QED) is 0.466. The van der Waals surface area contributed by atoms with Gasteiger partial charge >= 0.3 is 12.1 Å². The molecule has 0 amide bonds. The van der Waals surface area contributed by atoms with Crippen molar-refractivity contribution in [1.29, 1.82) is 0 Å². The average Bonchev–Trinajstić information content (AvgIpc) is 3.11. The van der Waals surface area contributed by atoms with Crippen LogP contribution in [0.1, 0.15) is 29.2 Å². The lowest BCUT2D eigenvalue weighted by molar-refractivity contribution is -0.155. The minimum absolute atomic E-state index is 0.00685. The molecule has 4 rings (SSSR count). The SMILES string of the molecule is O=C(O)C1(NS(=O)(=O)c2ccc(-c3cc(C(F)(F)F)on3)s2)CC1c1cccc(CO)c1. The molecule has 13 heteroatoms. The van der Waals surface area contributed by atoms with Gasteiger partial charge in [0.25, 0.3) is 10.0 Å². The number of alkyl halides is 3. The van der Waals surface area contributed by atoms with E-state index >= 15 is 0 Å². The number of sulfonamides is 1. The summed E-state index contributed by atoms with van der Waals surface area (Å²) in [5.74, 6) is -3.33. The van der Waals surface area contributed by atoms with Gasteiger partial charge in [0.1, 0.15) is 15.4 Å². The van der Waals surface area contributed by atoms with E-state index in [4.69, 9.17) is 0 Å². The molecular weight excluding hydrogens is 473 g/mol. The third-order valence-electron chi connectivity index (χ3n) is 5.08. The maximum atomic E-state index is 12.9. The minimum Gasteiger partial charge on any atom is -0.480 e. The lowest BCUT2D eigenvalue weighted by Gasteiger charge is -2.15. The van der Waals surface area contributed by atoms with Crippen LogP contribution in [-0.4, -0.2) is 35.3 Å². The molecule has 1 aliphatic carbocycles. The van der Waals surface area contributed by atoms with Crippen LogP contribution in [0.3, 0.4) is 0 Å².